The molecule has 2 heteroatoms. The van der Waals surface area contributed by atoms with Crippen molar-refractivity contribution in [1.29, 1.82) is 0 Å². The molecular weight excluding hydrogens is 294 g/mol. The van der Waals surface area contributed by atoms with Gasteiger partial charge in [-0.15, -0.1) is 0 Å². The summed E-state index contributed by atoms with van der Waals surface area (Å²) in [6.07, 6.45) is 0. The first-order chi connectivity index (χ1) is 11.8. The van der Waals surface area contributed by atoms with Crippen molar-refractivity contribution in [3.63, 3.8) is 0 Å². The highest BCUT2D eigenvalue weighted by Crippen LogP contribution is 2.48. The topological polar surface area (TPSA) is 20.3 Å². The van der Waals surface area contributed by atoms with Gasteiger partial charge in [0.2, 0.25) is 5.91 Å². The summed E-state index contributed by atoms with van der Waals surface area (Å²) in [6, 6.07) is 28.6. The predicted octanol–water partition coefficient (Wildman–Crippen LogP) is 4.87. The fourth-order valence-electron chi connectivity index (χ4n) is 3.46. The maximum Gasteiger partial charge on any atom is 0.237 e. The number of benzene rings is 3. The molecule has 3 aromatic carbocycles. The maximum atomic E-state index is 13.0. The van der Waals surface area contributed by atoms with Crippen molar-refractivity contribution in [2.75, 3.05) is 4.90 Å². The Kier molecular flexibility index (Phi) is 3.66. The maximum absolute atomic E-state index is 13.0. The minimum atomic E-state index is -0.116. The molecule has 1 saturated heterocycles. The molecule has 24 heavy (non-hydrogen) atoms. The third kappa shape index (κ3) is 2.41. The summed E-state index contributed by atoms with van der Waals surface area (Å²) < 4.78 is 0. The fraction of sp³-hybridized carbons (Fsp3) is 0.136. The highest BCUT2D eigenvalue weighted by Gasteiger charge is 2.49. The summed E-state index contributed by atoms with van der Waals surface area (Å²) >= 11 is 0. The van der Waals surface area contributed by atoms with Crippen LogP contribution in [-0.2, 0) is 4.79 Å². The minimum absolute atomic E-state index is 0.0452. The number of nitrogens with zero attached hydrogens (tertiary/aromatic N) is 1. The van der Waals surface area contributed by atoms with Crippen LogP contribution in [0.2, 0.25) is 0 Å². The Balaban J connectivity index is 1.77. The van der Waals surface area contributed by atoms with E-state index in [-0.39, 0.29) is 17.9 Å². The van der Waals surface area contributed by atoms with Crippen molar-refractivity contribution < 1.29 is 4.79 Å². The first kappa shape index (κ1) is 14.7. The number of carbonyl (C=O) groups excluding carboxylic acids is 1. The van der Waals surface area contributed by atoms with Crippen molar-refractivity contribution in [2.45, 2.75) is 18.9 Å². The van der Waals surface area contributed by atoms with E-state index >= 15 is 0 Å². The van der Waals surface area contributed by atoms with Gasteiger partial charge in [-0.2, -0.15) is 0 Å². The second-order valence-electron chi connectivity index (χ2n) is 6.29. The van der Waals surface area contributed by atoms with E-state index in [0.29, 0.717) is 0 Å². The van der Waals surface area contributed by atoms with Crippen LogP contribution in [0.3, 0.4) is 0 Å². The normalized spacial score (nSPS) is 19.9. The van der Waals surface area contributed by atoms with Crippen LogP contribution >= 0.6 is 0 Å². The molecule has 118 valence electrons. The van der Waals surface area contributed by atoms with Crippen molar-refractivity contribution in [3.05, 3.63) is 102 Å². The van der Waals surface area contributed by atoms with E-state index in [0.717, 1.165) is 11.3 Å². The number of anilines is 1. The van der Waals surface area contributed by atoms with Gasteiger partial charge in [0, 0.05) is 5.69 Å². The van der Waals surface area contributed by atoms with Crippen molar-refractivity contribution in [3.8, 4) is 0 Å². The molecule has 0 radical (unpaired) electrons. The number of aryl methyl sites for hydroxylation is 1. The molecule has 0 saturated carbocycles. The van der Waals surface area contributed by atoms with Gasteiger partial charge in [-0.25, -0.2) is 0 Å². The number of carbonyl (C=O) groups is 1. The zero-order valence-corrected chi connectivity index (χ0v) is 13.6. The van der Waals surface area contributed by atoms with Crippen LogP contribution in [0.15, 0.2) is 84.9 Å². The average Bonchev–Trinajstić information content (AvgIpc) is 2.63. The van der Waals surface area contributed by atoms with Gasteiger partial charge in [0.05, 0.1) is 12.0 Å². The van der Waals surface area contributed by atoms with Crippen molar-refractivity contribution in [1.82, 2.24) is 0 Å². The van der Waals surface area contributed by atoms with Crippen LogP contribution in [0.4, 0.5) is 5.69 Å². The van der Waals surface area contributed by atoms with Gasteiger partial charge in [-0.1, -0.05) is 78.4 Å². The van der Waals surface area contributed by atoms with Gasteiger partial charge in [0.1, 0.15) is 0 Å². The average molecular weight is 313 g/mol. The molecule has 0 aromatic heterocycles. The largest absolute Gasteiger partial charge is 0.303 e. The quantitative estimate of drug-likeness (QED) is 0.632. The Bertz CT molecular complexity index is 840. The summed E-state index contributed by atoms with van der Waals surface area (Å²) in [5.74, 6) is 0.0498. The lowest BCUT2D eigenvalue weighted by molar-refractivity contribution is -0.126. The van der Waals surface area contributed by atoms with Crippen LogP contribution in [0.25, 0.3) is 0 Å². The monoisotopic (exact) mass is 313 g/mol. The molecular formula is C22H19NO. The van der Waals surface area contributed by atoms with Crippen molar-refractivity contribution >= 4 is 11.6 Å². The first-order valence-electron chi connectivity index (χ1n) is 8.25. The van der Waals surface area contributed by atoms with Gasteiger partial charge in [0.25, 0.3) is 0 Å². The van der Waals surface area contributed by atoms with Crippen LogP contribution in [-0.4, -0.2) is 5.91 Å². The summed E-state index contributed by atoms with van der Waals surface area (Å²) in [7, 11) is 0. The second kappa shape index (κ2) is 5.97. The summed E-state index contributed by atoms with van der Waals surface area (Å²) in [6.45, 7) is 2.06. The molecule has 1 heterocycles. The molecule has 4 rings (SSSR count). The molecule has 1 amide bonds. The van der Waals surface area contributed by atoms with Gasteiger partial charge < -0.3 is 4.90 Å². The molecule has 3 aromatic rings. The second-order valence-corrected chi connectivity index (χ2v) is 6.29. The van der Waals surface area contributed by atoms with Gasteiger partial charge in [-0.05, 0) is 30.2 Å². The molecule has 1 aliphatic rings. The summed E-state index contributed by atoms with van der Waals surface area (Å²) in [5, 5.41) is 0. The van der Waals surface area contributed by atoms with Crippen LogP contribution in [0.1, 0.15) is 28.7 Å². The zero-order valence-electron chi connectivity index (χ0n) is 13.6. The third-order valence-electron chi connectivity index (χ3n) is 4.71. The lowest BCUT2D eigenvalue weighted by Gasteiger charge is -2.47. The van der Waals surface area contributed by atoms with Crippen LogP contribution < -0.4 is 4.90 Å². The van der Waals surface area contributed by atoms with E-state index < -0.39 is 0 Å². The van der Waals surface area contributed by atoms with E-state index in [1.165, 1.54) is 11.1 Å². The zero-order chi connectivity index (χ0) is 16.5. The molecule has 0 N–H and O–H groups in total. The fourth-order valence-corrected chi connectivity index (χ4v) is 3.46. The molecule has 0 spiro atoms. The van der Waals surface area contributed by atoms with E-state index in [1.54, 1.807) is 0 Å². The van der Waals surface area contributed by atoms with E-state index in [4.69, 9.17) is 0 Å². The number of rotatable bonds is 3. The number of β-lactam (4-membered cyclic amide) rings is 1. The number of hydrogen-bond donors (Lipinski definition) is 0. The highest BCUT2D eigenvalue weighted by molar-refractivity contribution is 6.06. The smallest absolute Gasteiger partial charge is 0.237 e. The van der Waals surface area contributed by atoms with E-state index in [1.807, 2.05) is 65.6 Å². The predicted molar refractivity (Wildman–Crippen MR) is 97.0 cm³/mol. The number of hydrogen-bond acceptors (Lipinski definition) is 1. The Labute approximate surface area is 142 Å². The summed E-state index contributed by atoms with van der Waals surface area (Å²) in [4.78, 5) is 14.9. The standard InChI is InChI=1S/C22H19NO/c1-16-12-14-19(15-13-16)23-21(18-10-6-3-7-11-18)20(22(23)24)17-8-4-2-5-9-17/h2-15,20-21H,1H3/t20-,21-/m1/s1. The molecule has 2 atom stereocenters. The lowest BCUT2D eigenvalue weighted by Crippen LogP contribution is -2.53. The van der Waals surface area contributed by atoms with E-state index in [9.17, 15) is 4.79 Å². The van der Waals surface area contributed by atoms with Crippen LogP contribution in [0, 0.1) is 6.92 Å². The molecule has 1 fully saturated rings. The Morgan fingerprint density at radius 2 is 1.25 bits per heavy atom. The Morgan fingerprint density at radius 1 is 0.708 bits per heavy atom. The SMILES string of the molecule is Cc1ccc(N2C(=O)[C@H](c3ccccc3)[C@H]2c2ccccc2)cc1. The van der Waals surface area contributed by atoms with Crippen molar-refractivity contribution in [2.24, 2.45) is 0 Å². The first-order valence-corrected chi connectivity index (χ1v) is 8.25. The molecule has 0 unspecified atom stereocenters. The third-order valence-corrected chi connectivity index (χ3v) is 4.71. The minimum Gasteiger partial charge on any atom is -0.303 e. The molecule has 0 aliphatic carbocycles. The van der Waals surface area contributed by atoms with Gasteiger partial charge in [-0.3, -0.25) is 4.79 Å². The Hall–Kier alpha value is -2.87. The van der Waals surface area contributed by atoms with Crippen LogP contribution in [0.5, 0.6) is 0 Å². The number of amides is 1. The van der Waals surface area contributed by atoms with Gasteiger partial charge >= 0.3 is 0 Å². The van der Waals surface area contributed by atoms with E-state index in [2.05, 4.69) is 31.2 Å². The highest BCUT2D eigenvalue weighted by atomic mass is 16.2. The molecule has 0 bridgehead atoms. The molecule has 1 aliphatic heterocycles. The summed E-state index contributed by atoms with van der Waals surface area (Å²) in [5.41, 5.74) is 4.42. The van der Waals surface area contributed by atoms with Gasteiger partial charge in [0.15, 0.2) is 0 Å². The lowest BCUT2D eigenvalue weighted by atomic mass is 9.77. The Morgan fingerprint density at radius 3 is 1.83 bits per heavy atom. The molecule has 2 nitrogen and oxygen atoms in total.